The summed E-state index contributed by atoms with van der Waals surface area (Å²) in [6.45, 7) is 6.32. The fourth-order valence-electron chi connectivity index (χ4n) is 2.31. The van der Waals surface area contributed by atoms with Gasteiger partial charge in [-0.05, 0) is 26.0 Å². The molecule has 1 aliphatic heterocycles. The summed E-state index contributed by atoms with van der Waals surface area (Å²) >= 11 is 0. The minimum atomic E-state index is -1.50. The van der Waals surface area contributed by atoms with E-state index in [4.69, 9.17) is 0 Å². The Hall–Kier alpha value is -2.76. The Morgan fingerprint density at radius 2 is 1.77 bits per heavy atom. The first-order chi connectivity index (χ1) is 10.4. The third kappa shape index (κ3) is 2.43. The molecule has 1 aromatic rings. The average Bonchev–Trinajstić information content (AvgIpc) is 2.47. The van der Waals surface area contributed by atoms with Crippen molar-refractivity contribution in [3.63, 3.8) is 0 Å². The summed E-state index contributed by atoms with van der Waals surface area (Å²) in [6.07, 6.45) is 1.41. The van der Waals surface area contributed by atoms with Crippen LogP contribution in [0.5, 0.6) is 0 Å². The van der Waals surface area contributed by atoms with Crippen LogP contribution in [0.2, 0.25) is 0 Å². The molecule has 2 unspecified atom stereocenters. The Morgan fingerprint density at radius 3 is 2.27 bits per heavy atom. The van der Waals surface area contributed by atoms with Gasteiger partial charge >= 0.3 is 6.03 Å². The molecule has 0 aromatic heterocycles. The second-order valence-corrected chi connectivity index (χ2v) is 5.02. The first kappa shape index (κ1) is 15.6. The van der Waals surface area contributed by atoms with E-state index in [2.05, 4.69) is 6.58 Å². The SMILES string of the molecule is C=CC(C)N1C(=O)C(C(C)=O)C(=O)N(c2ccccc2)C1=O. The van der Waals surface area contributed by atoms with Crippen molar-refractivity contribution in [1.29, 1.82) is 0 Å². The molecule has 0 radical (unpaired) electrons. The quantitative estimate of drug-likeness (QED) is 0.627. The number of Topliss-reactive ketones (excluding diaryl/α,β-unsaturated/α-hetero) is 1. The summed E-state index contributed by atoms with van der Waals surface area (Å²) < 4.78 is 0. The Labute approximate surface area is 128 Å². The van der Waals surface area contributed by atoms with Gasteiger partial charge in [-0.1, -0.05) is 24.3 Å². The van der Waals surface area contributed by atoms with Gasteiger partial charge in [-0.2, -0.15) is 0 Å². The van der Waals surface area contributed by atoms with Crippen molar-refractivity contribution in [2.75, 3.05) is 4.90 Å². The summed E-state index contributed by atoms with van der Waals surface area (Å²) in [7, 11) is 0. The van der Waals surface area contributed by atoms with Gasteiger partial charge in [-0.15, -0.1) is 6.58 Å². The van der Waals surface area contributed by atoms with Crippen molar-refractivity contribution >= 4 is 29.3 Å². The average molecular weight is 300 g/mol. The summed E-state index contributed by atoms with van der Waals surface area (Å²) in [5.74, 6) is -3.71. The van der Waals surface area contributed by atoms with Crippen molar-refractivity contribution in [1.82, 2.24) is 4.90 Å². The van der Waals surface area contributed by atoms with Crippen molar-refractivity contribution in [2.24, 2.45) is 5.92 Å². The van der Waals surface area contributed by atoms with Gasteiger partial charge in [0.05, 0.1) is 11.7 Å². The van der Waals surface area contributed by atoms with Crippen LogP contribution in [0.1, 0.15) is 13.8 Å². The lowest BCUT2D eigenvalue weighted by Crippen LogP contribution is -2.63. The minimum absolute atomic E-state index is 0.317. The number of barbiturate groups is 1. The highest BCUT2D eigenvalue weighted by Crippen LogP contribution is 2.26. The van der Waals surface area contributed by atoms with Crippen LogP contribution < -0.4 is 4.90 Å². The molecular weight excluding hydrogens is 284 g/mol. The van der Waals surface area contributed by atoms with Gasteiger partial charge in [-0.3, -0.25) is 19.3 Å². The third-order valence-corrected chi connectivity index (χ3v) is 3.52. The van der Waals surface area contributed by atoms with Crippen molar-refractivity contribution in [3.05, 3.63) is 43.0 Å². The molecule has 1 heterocycles. The van der Waals surface area contributed by atoms with E-state index >= 15 is 0 Å². The van der Waals surface area contributed by atoms with Crippen LogP contribution in [0.3, 0.4) is 0 Å². The van der Waals surface area contributed by atoms with E-state index in [1.165, 1.54) is 6.08 Å². The molecule has 1 fully saturated rings. The number of urea groups is 1. The summed E-state index contributed by atoms with van der Waals surface area (Å²) in [5.41, 5.74) is 0.317. The topological polar surface area (TPSA) is 74.8 Å². The van der Waals surface area contributed by atoms with Crippen LogP contribution in [0.4, 0.5) is 10.5 Å². The van der Waals surface area contributed by atoms with Gasteiger partial charge in [0.25, 0.3) is 11.8 Å². The van der Waals surface area contributed by atoms with Crippen LogP contribution in [0.25, 0.3) is 0 Å². The fraction of sp³-hybridized carbons (Fsp3) is 0.250. The maximum atomic E-state index is 12.6. The Bertz CT molecular complexity index is 653. The van der Waals surface area contributed by atoms with Crippen molar-refractivity contribution in [3.8, 4) is 0 Å². The fourth-order valence-corrected chi connectivity index (χ4v) is 2.31. The van der Waals surface area contributed by atoms with Crippen molar-refractivity contribution in [2.45, 2.75) is 19.9 Å². The number of rotatable bonds is 4. The highest BCUT2D eigenvalue weighted by atomic mass is 16.2. The van der Waals surface area contributed by atoms with Crippen LogP contribution in [-0.2, 0) is 14.4 Å². The molecule has 1 aromatic carbocycles. The lowest BCUT2D eigenvalue weighted by Gasteiger charge is -2.38. The Morgan fingerprint density at radius 1 is 1.18 bits per heavy atom. The molecule has 2 rings (SSSR count). The molecule has 0 bridgehead atoms. The molecule has 6 nitrogen and oxygen atoms in total. The molecule has 114 valence electrons. The standard InChI is InChI=1S/C16H16N2O4/c1-4-10(2)17-14(20)13(11(3)19)15(21)18(16(17)22)12-8-6-5-7-9-12/h4-10,13H,1H2,2-3H3. The first-order valence-corrected chi connectivity index (χ1v) is 6.79. The van der Waals surface area contributed by atoms with Crippen molar-refractivity contribution < 1.29 is 19.2 Å². The lowest BCUT2D eigenvalue weighted by molar-refractivity contribution is -0.146. The second kappa shape index (κ2) is 5.93. The van der Waals surface area contributed by atoms with Gasteiger partial charge in [-0.25, -0.2) is 9.69 Å². The molecule has 0 aliphatic carbocycles. The molecule has 0 saturated carbocycles. The monoisotopic (exact) mass is 300 g/mol. The van der Waals surface area contributed by atoms with Crippen LogP contribution in [-0.4, -0.2) is 34.6 Å². The number of hydrogen-bond acceptors (Lipinski definition) is 4. The number of ketones is 1. The summed E-state index contributed by atoms with van der Waals surface area (Å²) in [5, 5.41) is 0. The van der Waals surface area contributed by atoms with Gasteiger partial charge in [0.1, 0.15) is 0 Å². The predicted octanol–water partition coefficient (Wildman–Crippen LogP) is 1.76. The highest BCUT2D eigenvalue weighted by molar-refractivity contribution is 6.34. The number of benzene rings is 1. The number of para-hydroxylation sites is 1. The van der Waals surface area contributed by atoms with Gasteiger partial charge in [0.15, 0.2) is 11.7 Å². The van der Waals surface area contributed by atoms with Crippen LogP contribution in [0, 0.1) is 5.92 Å². The molecule has 1 saturated heterocycles. The molecular formula is C16H16N2O4. The van der Waals surface area contributed by atoms with E-state index in [0.717, 1.165) is 16.7 Å². The molecule has 0 N–H and O–H groups in total. The summed E-state index contributed by atoms with van der Waals surface area (Å²) in [6, 6.07) is 6.80. The van der Waals surface area contributed by atoms with Crippen LogP contribution >= 0.6 is 0 Å². The third-order valence-electron chi connectivity index (χ3n) is 3.52. The lowest BCUT2D eigenvalue weighted by atomic mass is 9.97. The molecule has 0 spiro atoms. The second-order valence-electron chi connectivity index (χ2n) is 5.02. The molecule has 2 atom stereocenters. The predicted molar refractivity (Wildman–Crippen MR) is 80.0 cm³/mol. The van der Waals surface area contributed by atoms with E-state index in [-0.39, 0.29) is 0 Å². The van der Waals surface area contributed by atoms with E-state index in [1.54, 1.807) is 37.3 Å². The molecule has 4 amide bonds. The number of hydrogen-bond donors (Lipinski definition) is 0. The number of amides is 4. The molecule has 6 heteroatoms. The van der Waals surface area contributed by atoms with Gasteiger partial charge in [0.2, 0.25) is 0 Å². The van der Waals surface area contributed by atoms with Gasteiger partial charge < -0.3 is 0 Å². The molecule has 1 aliphatic rings. The highest BCUT2D eigenvalue weighted by Gasteiger charge is 2.49. The number of carbonyl (C=O) groups excluding carboxylic acids is 4. The molecule has 22 heavy (non-hydrogen) atoms. The summed E-state index contributed by atoms with van der Waals surface area (Å²) in [4.78, 5) is 50.9. The maximum absolute atomic E-state index is 12.6. The number of anilines is 1. The van der Waals surface area contributed by atoms with Gasteiger partial charge in [0, 0.05) is 0 Å². The van der Waals surface area contributed by atoms with Crippen LogP contribution in [0.15, 0.2) is 43.0 Å². The normalized spacial score (nSPS) is 20.1. The Balaban J connectivity index is 2.55. The minimum Gasteiger partial charge on any atom is -0.299 e. The maximum Gasteiger partial charge on any atom is 0.338 e. The van der Waals surface area contributed by atoms with E-state index in [0.29, 0.717) is 5.69 Å². The zero-order chi connectivity index (χ0) is 16.4. The zero-order valence-corrected chi connectivity index (χ0v) is 12.4. The van der Waals surface area contributed by atoms with E-state index in [9.17, 15) is 19.2 Å². The largest absolute Gasteiger partial charge is 0.338 e. The Kier molecular flexibility index (Phi) is 4.21. The van der Waals surface area contributed by atoms with E-state index in [1.807, 2.05) is 0 Å². The zero-order valence-electron chi connectivity index (χ0n) is 12.4. The number of imide groups is 2. The van der Waals surface area contributed by atoms with E-state index < -0.39 is 35.6 Å². The first-order valence-electron chi connectivity index (χ1n) is 6.79. The number of nitrogens with zero attached hydrogens (tertiary/aromatic N) is 2. The number of carbonyl (C=O) groups is 4. The smallest absolute Gasteiger partial charge is 0.299 e.